The topological polar surface area (TPSA) is 61.8 Å². The van der Waals surface area contributed by atoms with Gasteiger partial charge < -0.3 is 15.8 Å². The molecule has 0 aliphatic carbocycles. The highest BCUT2D eigenvalue weighted by molar-refractivity contribution is 5.83. The largest absolute Gasteiger partial charge is 0.409 e. The predicted octanol–water partition coefficient (Wildman–Crippen LogP) is 1.89. The highest BCUT2D eigenvalue weighted by Gasteiger charge is 2.43. The monoisotopic (exact) mass is 255 g/mol. The maximum Gasteiger partial charge on any atom is 0.400 e. The van der Waals surface area contributed by atoms with Crippen LogP contribution in [0.3, 0.4) is 0 Å². The maximum absolute atomic E-state index is 12.6. The molecule has 4 nitrogen and oxygen atoms in total. The van der Waals surface area contributed by atoms with Crippen molar-refractivity contribution in [2.24, 2.45) is 22.7 Å². The van der Waals surface area contributed by atoms with Crippen molar-refractivity contribution in [2.45, 2.75) is 26.4 Å². The molecular formula is C10H20F3N3O. The summed E-state index contributed by atoms with van der Waals surface area (Å²) in [5.41, 5.74) is 5.07. The smallest absolute Gasteiger partial charge is 0.400 e. The van der Waals surface area contributed by atoms with E-state index < -0.39 is 17.9 Å². The normalized spacial score (nSPS) is 17.2. The zero-order chi connectivity index (χ0) is 13.6. The van der Waals surface area contributed by atoms with Crippen LogP contribution < -0.4 is 5.73 Å². The number of hydrogen-bond donors (Lipinski definition) is 2. The van der Waals surface area contributed by atoms with Gasteiger partial charge in [0, 0.05) is 13.1 Å². The molecule has 0 aromatic carbocycles. The van der Waals surface area contributed by atoms with Gasteiger partial charge in [0.1, 0.15) is 5.92 Å². The van der Waals surface area contributed by atoms with Gasteiger partial charge in [0.25, 0.3) is 0 Å². The molecule has 2 unspecified atom stereocenters. The number of oxime groups is 1. The van der Waals surface area contributed by atoms with Crippen LogP contribution in [0, 0.1) is 11.8 Å². The van der Waals surface area contributed by atoms with Crippen LogP contribution in [0.4, 0.5) is 13.2 Å². The summed E-state index contributed by atoms with van der Waals surface area (Å²) in [7, 11) is 1.59. The van der Waals surface area contributed by atoms with Crippen molar-refractivity contribution in [2.75, 3.05) is 20.1 Å². The Kier molecular flexibility index (Phi) is 6.30. The van der Waals surface area contributed by atoms with Gasteiger partial charge in [0.2, 0.25) is 0 Å². The Morgan fingerprint density at radius 1 is 1.41 bits per heavy atom. The molecule has 0 amide bonds. The van der Waals surface area contributed by atoms with E-state index in [1.807, 2.05) is 13.8 Å². The molecule has 0 aliphatic rings. The van der Waals surface area contributed by atoms with E-state index in [0.29, 0.717) is 12.5 Å². The lowest BCUT2D eigenvalue weighted by molar-refractivity contribution is -0.159. The molecule has 0 fully saturated rings. The summed E-state index contributed by atoms with van der Waals surface area (Å²) in [6.07, 6.45) is -3.61. The van der Waals surface area contributed by atoms with E-state index >= 15 is 0 Å². The third-order valence-corrected chi connectivity index (χ3v) is 2.68. The van der Waals surface area contributed by atoms with Crippen LogP contribution in [0.1, 0.15) is 20.3 Å². The molecule has 0 rings (SSSR count). The minimum absolute atomic E-state index is 0.302. The molecule has 102 valence electrons. The Hall–Kier alpha value is -0.980. The van der Waals surface area contributed by atoms with Crippen molar-refractivity contribution in [1.82, 2.24) is 4.90 Å². The fraction of sp³-hybridized carbons (Fsp3) is 0.900. The van der Waals surface area contributed by atoms with E-state index in [-0.39, 0.29) is 6.54 Å². The van der Waals surface area contributed by atoms with Crippen LogP contribution in [0.25, 0.3) is 0 Å². The summed E-state index contributed by atoms with van der Waals surface area (Å²) in [6.45, 7) is 4.18. The summed E-state index contributed by atoms with van der Waals surface area (Å²) in [6, 6.07) is 0. The van der Waals surface area contributed by atoms with Gasteiger partial charge in [-0.25, -0.2) is 0 Å². The number of rotatable bonds is 6. The Balaban J connectivity index is 4.55. The van der Waals surface area contributed by atoms with Crippen molar-refractivity contribution >= 4 is 5.84 Å². The lowest BCUT2D eigenvalue weighted by Gasteiger charge is -2.26. The molecule has 0 bridgehead atoms. The number of alkyl halides is 3. The molecule has 0 spiro atoms. The second kappa shape index (κ2) is 6.68. The standard InChI is InChI=1S/C10H20F3N3O/c1-4-7(2)5-16(3)6-8(9(14)15-17)10(11,12)13/h7-8,17H,4-6H2,1-3H3,(H2,14,15). The van der Waals surface area contributed by atoms with E-state index in [1.165, 1.54) is 0 Å². The minimum atomic E-state index is -4.50. The molecule has 7 heteroatoms. The second-order valence-corrected chi connectivity index (χ2v) is 4.35. The Labute approximate surface area is 99.3 Å². The average molecular weight is 255 g/mol. The Bertz CT molecular complexity index is 256. The Morgan fingerprint density at radius 2 is 1.94 bits per heavy atom. The van der Waals surface area contributed by atoms with Gasteiger partial charge >= 0.3 is 6.18 Å². The van der Waals surface area contributed by atoms with E-state index in [1.54, 1.807) is 11.9 Å². The van der Waals surface area contributed by atoms with Crippen molar-refractivity contribution in [3.63, 3.8) is 0 Å². The van der Waals surface area contributed by atoms with Gasteiger partial charge in [-0.1, -0.05) is 25.4 Å². The first-order chi connectivity index (χ1) is 7.72. The molecule has 0 aliphatic heterocycles. The second-order valence-electron chi connectivity index (χ2n) is 4.35. The molecule has 0 aromatic heterocycles. The zero-order valence-corrected chi connectivity index (χ0v) is 10.3. The van der Waals surface area contributed by atoms with E-state index in [4.69, 9.17) is 10.9 Å². The van der Waals surface area contributed by atoms with Gasteiger partial charge in [0.15, 0.2) is 5.84 Å². The first kappa shape index (κ1) is 16.0. The first-order valence-corrected chi connectivity index (χ1v) is 5.45. The SMILES string of the molecule is CCC(C)CN(C)CC(C(N)=NO)C(F)(F)F. The Morgan fingerprint density at radius 3 is 2.29 bits per heavy atom. The van der Waals surface area contributed by atoms with Gasteiger partial charge in [-0.15, -0.1) is 0 Å². The number of halogens is 3. The highest BCUT2D eigenvalue weighted by Crippen LogP contribution is 2.27. The molecule has 0 saturated carbocycles. The lowest BCUT2D eigenvalue weighted by atomic mass is 10.1. The van der Waals surface area contributed by atoms with Gasteiger partial charge in [-0.05, 0) is 13.0 Å². The van der Waals surface area contributed by atoms with Gasteiger partial charge in [-0.2, -0.15) is 13.2 Å². The fourth-order valence-electron chi connectivity index (χ4n) is 1.48. The number of amidine groups is 1. The molecule has 0 radical (unpaired) electrons. The van der Waals surface area contributed by atoms with E-state index in [0.717, 1.165) is 6.42 Å². The van der Waals surface area contributed by atoms with Crippen molar-refractivity contribution in [1.29, 1.82) is 0 Å². The third-order valence-electron chi connectivity index (χ3n) is 2.68. The molecule has 0 aromatic rings. The number of hydrogen-bond acceptors (Lipinski definition) is 3. The highest BCUT2D eigenvalue weighted by atomic mass is 19.4. The zero-order valence-electron chi connectivity index (χ0n) is 10.3. The van der Waals surface area contributed by atoms with E-state index in [2.05, 4.69) is 5.16 Å². The van der Waals surface area contributed by atoms with Crippen LogP contribution in [0.5, 0.6) is 0 Å². The minimum Gasteiger partial charge on any atom is -0.409 e. The summed E-state index contributed by atoms with van der Waals surface area (Å²) in [4.78, 5) is 1.55. The summed E-state index contributed by atoms with van der Waals surface area (Å²) < 4.78 is 37.9. The summed E-state index contributed by atoms with van der Waals surface area (Å²) in [5.74, 6) is -2.42. The number of nitrogens with zero attached hydrogens (tertiary/aromatic N) is 2. The average Bonchev–Trinajstić information content (AvgIpc) is 2.23. The van der Waals surface area contributed by atoms with Crippen LogP contribution in [0.2, 0.25) is 0 Å². The quantitative estimate of drug-likeness (QED) is 0.330. The predicted molar refractivity (Wildman–Crippen MR) is 59.9 cm³/mol. The van der Waals surface area contributed by atoms with Crippen LogP contribution in [-0.4, -0.2) is 42.3 Å². The van der Waals surface area contributed by atoms with Crippen molar-refractivity contribution in [3.8, 4) is 0 Å². The molecule has 2 atom stereocenters. The first-order valence-electron chi connectivity index (χ1n) is 5.45. The lowest BCUT2D eigenvalue weighted by Crippen LogP contribution is -2.44. The molecule has 0 saturated heterocycles. The van der Waals surface area contributed by atoms with Crippen LogP contribution in [0.15, 0.2) is 5.16 Å². The third kappa shape index (κ3) is 5.76. The summed E-state index contributed by atoms with van der Waals surface area (Å²) in [5, 5.41) is 10.8. The molecule has 17 heavy (non-hydrogen) atoms. The molecule has 3 N–H and O–H groups in total. The van der Waals surface area contributed by atoms with Crippen LogP contribution in [-0.2, 0) is 0 Å². The van der Waals surface area contributed by atoms with Crippen LogP contribution >= 0.6 is 0 Å². The van der Waals surface area contributed by atoms with Gasteiger partial charge in [-0.3, -0.25) is 0 Å². The fourth-order valence-corrected chi connectivity index (χ4v) is 1.48. The van der Waals surface area contributed by atoms with Crippen molar-refractivity contribution in [3.05, 3.63) is 0 Å². The van der Waals surface area contributed by atoms with E-state index in [9.17, 15) is 13.2 Å². The molecular weight excluding hydrogens is 235 g/mol. The maximum atomic E-state index is 12.6. The number of nitrogens with two attached hydrogens (primary N) is 1. The summed E-state index contributed by atoms with van der Waals surface area (Å²) >= 11 is 0. The molecule has 0 heterocycles. The van der Waals surface area contributed by atoms with Crippen molar-refractivity contribution < 1.29 is 18.4 Å². The van der Waals surface area contributed by atoms with Gasteiger partial charge in [0.05, 0.1) is 0 Å².